The van der Waals surface area contributed by atoms with E-state index in [1.54, 1.807) is 31.4 Å². The number of nitrogens with one attached hydrogen (secondary N) is 2. The minimum atomic E-state index is -4.77. The Bertz CT molecular complexity index is 1910. The van der Waals surface area contributed by atoms with Crippen molar-refractivity contribution in [2.24, 2.45) is 0 Å². The van der Waals surface area contributed by atoms with E-state index in [0.717, 1.165) is 25.2 Å². The minimum absolute atomic E-state index is 0.0163. The molecule has 288 valence electrons. The summed E-state index contributed by atoms with van der Waals surface area (Å²) in [5.41, 5.74) is 2.35. The van der Waals surface area contributed by atoms with Crippen LogP contribution in [0.3, 0.4) is 0 Å². The molecular formula is C36H47ClFN5O9P+. The van der Waals surface area contributed by atoms with Crippen molar-refractivity contribution in [3.8, 4) is 17.2 Å². The molecule has 53 heavy (non-hydrogen) atoms. The third-order valence-corrected chi connectivity index (χ3v) is 9.53. The predicted molar refractivity (Wildman–Crippen MR) is 198 cm³/mol. The molecule has 0 radical (unpaired) electrons. The van der Waals surface area contributed by atoms with Gasteiger partial charge in [0.1, 0.15) is 43.3 Å². The van der Waals surface area contributed by atoms with Gasteiger partial charge in [0.25, 0.3) is 0 Å². The maximum Gasteiger partial charge on any atom is 0.472 e. The van der Waals surface area contributed by atoms with Gasteiger partial charge in [-0.25, -0.2) is 23.4 Å². The van der Waals surface area contributed by atoms with E-state index in [1.165, 1.54) is 18.5 Å². The Morgan fingerprint density at radius 2 is 1.81 bits per heavy atom. The van der Waals surface area contributed by atoms with Crippen molar-refractivity contribution in [3.05, 3.63) is 76.8 Å². The standard InChI is InChI=1S/C36H46ClFN5O9P/c1-36(2,3)41-20-31(44)24-6-7-25(32(16-24)51-23-52-53(45,46)47)21-43(11-14-49-15-12-43)10-5-13-50-34-18-27-30(19-33(34)48-4)39-22-40-35(27)42-26-8-9-29(38)28(37)17-26/h6-9,16-19,22,31,41,44H,5,10-15,20-21,23H2,1-4H3,(H2-,39,40,42,45,46,47)/p+1. The highest BCUT2D eigenvalue weighted by atomic mass is 35.5. The molecule has 5 N–H and O–H groups in total. The molecule has 0 saturated carbocycles. The van der Waals surface area contributed by atoms with E-state index in [2.05, 4.69) is 25.1 Å². The summed E-state index contributed by atoms with van der Waals surface area (Å²) in [5, 5.41) is 18.0. The number of halogens is 2. The minimum Gasteiger partial charge on any atom is -0.493 e. The first-order valence-electron chi connectivity index (χ1n) is 17.1. The van der Waals surface area contributed by atoms with Gasteiger partial charge in [-0.3, -0.25) is 0 Å². The molecule has 1 aliphatic heterocycles. The van der Waals surface area contributed by atoms with Crippen LogP contribution in [-0.2, 0) is 20.4 Å². The third kappa shape index (κ3) is 11.7. The molecule has 1 unspecified atom stereocenters. The van der Waals surface area contributed by atoms with Gasteiger partial charge in [0, 0.05) is 41.2 Å². The van der Waals surface area contributed by atoms with Gasteiger partial charge in [0.2, 0.25) is 0 Å². The quantitative estimate of drug-likeness (QED) is 0.0374. The van der Waals surface area contributed by atoms with E-state index in [9.17, 15) is 23.8 Å². The maximum absolute atomic E-state index is 13.8. The van der Waals surface area contributed by atoms with Crippen LogP contribution in [0.15, 0.2) is 54.9 Å². The fourth-order valence-electron chi connectivity index (χ4n) is 6.00. The van der Waals surface area contributed by atoms with E-state index in [0.29, 0.717) is 89.0 Å². The number of nitrogens with zero attached hydrogens (tertiary/aromatic N) is 3. The van der Waals surface area contributed by atoms with Crippen LogP contribution in [0.1, 0.15) is 44.4 Å². The second-order valence-electron chi connectivity index (χ2n) is 13.9. The number of ether oxygens (including phenoxy) is 4. The number of hydrogen-bond donors (Lipinski definition) is 5. The summed E-state index contributed by atoms with van der Waals surface area (Å²) in [6.45, 7) is 9.81. The van der Waals surface area contributed by atoms with Crippen LogP contribution >= 0.6 is 19.4 Å². The van der Waals surface area contributed by atoms with Gasteiger partial charge in [-0.2, -0.15) is 0 Å². The lowest BCUT2D eigenvalue weighted by atomic mass is 10.0. The molecule has 1 fully saturated rings. The number of anilines is 2. The van der Waals surface area contributed by atoms with Crippen molar-refractivity contribution in [2.45, 2.75) is 45.4 Å². The average Bonchev–Trinajstić information content (AvgIpc) is 3.10. The molecule has 0 aliphatic carbocycles. The van der Waals surface area contributed by atoms with Crippen molar-refractivity contribution in [1.82, 2.24) is 15.3 Å². The summed E-state index contributed by atoms with van der Waals surface area (Å²) in [7, 11) is -3.21. The van der Waals surface area contributed by atoms with Crippen LogP contribution in [0.25, 0.3) is 10.9 Å². The van der Waals surface area contributed by atoms with Gasteiger partial charge in [0.15, 0.2) is 18.3 Å². The first-order valence-corrected chi connectivity index (χ1v) is 19.0. The van der Waals surface area contributed by atoms with Crippen molar-refractivity contribution in [1.29, 1.82) is 0 Å². The molecule has 0 spiro atoms. The number of aromatic nitrogens is 2. The average molecular weight is 779 g/mol. The summed E-state index contributed by atoms with van der Waals surface area (Å²) in [5.74, 6) is 1.32. The third-order valence-electron chi connectivity index (χ3n) is 8.80. The number of benzene rings is 3. The van der Waals surface area contributed by atoms with Gasteiger partial charge in [-0.05, 0) is 62.7 Å². The summed E-state index contributed by atoms with van der Waals surface area (Å²) in [6, 6.07) is 13.3. The molecular weight excluding hydrogens is 732 g/mol. The molecule has 1 aromatic heterocycles. The zero-order valence-corrected chi connectivity index (χ0v) is 31.8. The molecule has 1 aliphatic rings. The zero-order chi connectivity index (χ0) is 38.2. The summed E-state index contributed by atoms with van der Waals surface area (Å²) >= 11 is 5.99. The number of phosphoric ester groups is 1. The van der Waals surface area contributed by atoms with E-state index in [1.807, 2.05) is 32.9 Å². The molecule has 1 atom stereocenters. The molecule has 4 aromatic rings. The fraction of sp³-hybridized carbons (Fsp3) is 0.444. The van der Waals surface area contributed by atoms with Crippen LogP contribution in [-0.4, -0.2) is 94.8 Å². The number of morpholine rings is 1. The van der Waals surface area contributed by atoms with Gasteiger partial charge in [-0.1, -0.05) is 17.7 Å². The van der Waals surface area contributed by atoms with Gasteiger partial charge >= 0.3 is 7.82 Å². The van der Waals surface area contributed by atoms with Gasteiger partial charge < -0.3 is 49.0 Å². The number of rotatable bonds is 17. The number of aliphatic hydroxyl groups is 1. The lowest BCUT2D eigenvalue weighted by Gasteiger charge is -2.41. The highest BCUT2D eigenvalue weighted by Crippen LogP contribution is 2.37. The Hall–Kier alpha value is -3.63. The Morgan fingerprint density at radius 1 is 1.04 bits per heavy atom. The largest absolute Gasteiger partial charge is 0.493 e. The van der Waals surface area contributed by atoms with E-state index >= 15 is 0 Å². The van der Waals surface area contributed by atoms with Crippen molar-refractivity contribution < 1.29 is 51.8 Å². The highest BCUT2D eigenvalue weighted by molar-refractivity contribution is 7.46. The normalized spacial score (nSPS) is 15.3. The smallest absolute Gasteiger partial charge is 0.472 e. The van der Waals surface area contributed by atoms with Crippen LogP contribution in [0.5, 0.6) is 17.2 Å². The summed E-state index contributed by atoms with van der Waals surface area (Å²) in [4.78, 5) is 27.2. The van der Waals surface area contributed by atoms with Crippen LogP contribution in [0, 0.1) is 5.82 Å². The zero-order valence-electron chi connectivity index (χ0n) is 30.2. The molecule has 17 heteroatoms. The summed E-state index contributed by atoms with van der Waals surface area (Å²) < 4.78 is 53.8. The Balaban J connectivity index is 1.31. The number of aliphatic hydroxyl groups excluding tert-OH is 1. The van der Waals surface area contributed by atoms with Crippen molar-refractivity contribution in [3.63, 3.8) is 0 Å². The number of hydrogen-bond acceptors (Lipinski definition) is 11. The van der Waals surface area contributed by atoms with Crippen LogP contribution in [0.4, 0.5) is 15.9 Å². The van der Waals surface area contributed by atoms with E-state index in [4.69, 9.17) is 30.5 Å². The lowest BCUT2D eigenvalue weighted by molar-refractivity contribution is -0.947. The van der Waals surface area contributed by atoms with Crippen molar-refractivity contribution in [2.75, 3.05) is 65.2 Å². The molecule has 3 aromatic carbocycles. The number of quaternary nitrogens is 1. The van der Waals surface area contributed by atoms with Crippen LogP contribution in [0.2, 0.25) is 5.02 Å². The number of methoxy groups -OCH3 is 1. The highest BCUT2D eigenvalue weighted by Gasteiger charge is 2.32. The van der Waals surface area contributed by atoms with Gasteiger partial charge in [-0.15, -0.1) is 0 Å². The summed E-state index contributed by atoms with van der Waals surface area (Å²) in [6.07, 6.45) is 1.24. The first-order chi connectivity index (χ1) is 25.1. The van der Waals surface area contributed by atoms with Gasteiger partial charge in [0.05, 0.1) is 50.1 Å². The van der Waals surface area contributed by atoms with Crippen LogP contribution < -0.4 is 24.8 Å². The molecule has 0 bridgehead atoms. The molecule has 14 nitrogen and oxygen atoms in total. The number of fused-ring (bicyclic) bond motifs is 1. The monoisotopic (exact) mass is 778 g/mol. The SMILES string of the molecule is COc1cc2ncnc(Nc3ccc(F)c(Cl)c3)c2cc1OCCC[N+]1(Cc2ccc(C(O)CNC(C)(C)C)cc2OCOP(=O)(O)O)CCOCC1. The lowest BCUT2D eigenvalue weighted by Crippen LogP contribution is -2.55. The number of phosphoric acid groups is 1. The fourth-order valence-corrected chi connectivity index (χ4v) is 6.37. The molecule has 0 amide bonds. The van der Waals surface area contributed by atoms with Crippen molar-refractivity contribution >= 4 is 41.8 Å². The Kier molecular flexibility index (Phi) is 13.5. The first kappa shape index (κ1) is 40.6. The Morgan fingerprint density at radius 3 is 2.51 bits per heavy atom. The Labute approximate surface area is 313 Å². The topological polar surface area (TPSA) is 174 Å². The number of β-amino-alcohol motifs (C(OH)–C–C–N with tert-alkyl or cyclic N) is 1. The van der Waals surface area contributed by atoms with E-state index in [-0.39, 0.29) is 10.6 Å². The maximum atomic E-state index is 13.8. The van der Waals surface area contributed by atoms with E-state index < -0.39 is 26.5 Å². The molecule has 5 rings (SSSR count). The second-order valence-corrected chi connectivity index (χ2v) is 15.5. The predicted octanol–water partition coefficient (Wildman–Crippen LogP) is 5.86. The molecule has 2 heterocycles. The molecule has 1 saturated heterocycles. The second kappa shape index (κ2) is 17.7.